The third-order valence-electron chi connectivity index (χ3n) is 5.64. The van der Waals surface area contributed by atoms with Gasteiger partial charge in [-0.3, -0.25) is 0 Å². The van der Waals surface area contributed by atoms with Crippen molar-refractivity contribution in [1.82, 2.24) is 0 Å². The molecule has 0 radical (unpaired) electrons. The zero-order chi connectivity index (χ0) is 18.5. The van der Waals surface area contributed by atoms with Crippen molar-refractivity contribution in [1.29, 1.82) is 10.5 Å². The first-order valence-corrected chi connectivity index (χ1v) is 8.39. The predicted molar refractivity (Wildman–Crippen MR) is 101 cm³/mol. The zero-order valence-corrected chi connectivity index (χ0v) is 15.6. The van der Waals surface area contributed by atoms with Crippen LogP contribution in [-0.2, 0) is 0 Å². The SMILES string of the molecule is Cc1cc(N2c3cc(C#N)c(C#N)cc3N(C)[C@@H]2C)c(C)c(C)c1C. The van der Waals surface area contributed by atoms with E-state index < -0.39 is 0 Å². The second-order valence-corrected chi connectivity index (χ2v) is 6.81. The summed E-state index contributed by atoms with van der Waals surface area (Å²) in [5.74, 6) is 0. The van der Waals surface area contributed by atoms with Crippen molar-refractivity contribution < 1.29 is 0 Å². The van der Waals surface area contributed by atoms with Crippen molar-refractivity contribution in [2.75, 3.05) is 16.8 Å². The van der Waals surface area contributed by atoms with Gasteiger partial charge in [0.1, 0.15) is 18.3 Å². The highest BCUT2D eigenvalue weighted by Crippen LogP contribution is 2.46. The van der Waals surface area contributed by atoms with Crippen LogP contribution in [0, 0.1) is 50.4 Å². The third kappa shape index (κ3) is 2.34. The molecule has 4 nitrogen and oxygen atoms in total. The van der Waals surface area contributed by atoms with Gasteiger partial charge in [0.25, 0.3) is 0 Å². The molecule has 3 rings (SSSR count). The Morgan fingerprint density at radius 2 is 1.36 bits per heavy atom. The molecule has 1 heterocycles. The van der Waals surface area contributed by atoms with Crippen LogP contribution in [0.2, 0.25) is 0 Å². The van der Waals surface area contributed by atoms with E-state index in [1.807, 2.05) is 19.2 Å². The van der Waals surface area contributed by atoms with Crippen LogP contribution in [0.4, 0.5) is 17.1 Å². The van der Waals surface area contributed by atoms with Crippen LogP contribution < -0.4 is 9.80 Å². The van der Waals surface area contributed by atoms with E-state index in [1.54, 1.807) is 0 Å². The van der Waals surface area contributed by atoms with Crippen LogP contribution in [0.3, 0.4) is 0 Å². The first kappa shape index (κ1) is 16.9. The normalized spacial score (nSPS) is 15.8. The van der Waals surface area contributed by atoms with Crippen LogP contribution >= 0.6 is 0 Å². The summed E-state index contributed by atoms with van der Waals surface area (Å²) in [6.07, 6.45) is 0.107. The molecular formula is C21H22N4. The van der Waals surface area contributed by atoms with Crippen LogP contribution in [0.1, 0.15) is 40.3 Å². The van der Waals surface area contributed by atoms with Gasteiger partial charge in [-0.2, -0.15) is 10.5 Å². The zero-order valence-electron chi connectivity index (χ0n) is 15.6. The number of benzene rings is 2. The molecule has 2 aromatic carbocycles. The van der Waals surface area contributed by atoms with Gasteiger partial charge in [-0.15, -0.1) is 0 Å². The van der Waals surface area contributed by atoms with E-state index in [-0.39, 0.29) is 6.17 Å². The van der Waals surface area contributed by atoms with Crippen molar-refractivity contribution in [3.05, 3.63) is 51.6 Å². The second kappa shape index (κ2) is 5.83. The van der Waals surface area contributed by atoms with Gasteiger partial charge < -0.3 is 9.80 Å². The predicted octanol–water partition coefficient (Wildman–Crippen LogP) is 4.60. The fraction of sp³-hybridized carbons (Fsp3) is 0.333. The largest absolute Gasteiger partial charge is 0.352 e. The van der Waals surface area contributed by atoms with Crippen molar-refractivity contribution in [3.63, 3.8) is 0 Å². The summed E-state index contributed by atoms with van der Waals surface area (Å²) in [5.41, 5.74) is 9.10. The van der Waals surface area contributed by atoms with E-state index >= 15 is 0 Å². The Bertz CT molecular complexity index is 960. The maximum Gasteiger partial charge on any atom is 0.103 e. The summed E-state index contributed by atoms with van der Waals surface area (Å²) in [7, 11) is 2.03. The lowest BCUT2D eigenvalue weighted by molar-refractivity contribution is 0.732. The average Bonchev–Trinajstić information content (AvgIpc) is 2.85. The van der Waals surface area contributed by atoms with Crippen LogP contribution in [-0.4, -0.2) is 13.2 Å². The highest BCUT2D eigenvalue weighted by atomic mass is 15.4. The Hall–Kier alpha value is -2.98. The Balaban J connectivity index is 2.29. The molecule has 0 unspecified atom stereocenters. The van der Waals surface area contributed by atoms with E-state index in [4.69, 9.17) is 0 Å². The number of rotatable bonds is 1. The van der Waals surface area contributed by atoms with E-state index in [2.05, 4.69) is 62.6 Å². The molecule has 0 aliphatic carbocycles. The van der Waals surface area contributed by atoms with Crippen LogP contribution in [0.25, 0.3) is 0 Å². The van der Waals surface area contributed by atoms with Crippen LogP contribution in [0.5, 0.6) is 0 Å². The van der Waals surface area contributed by atoms with Gasteiger partial charge >= 0.3 is 0 Å². The average molecular weight is 330 g/mol. The molecule has 0 aromatic heterocycles. The van der Waals surface area contributed by atoms with Gasteiger partial charge in [0.15, 0.2) is 0 Å². The number of aryl methyl sites for hydroxylation is 1. The monoisotopic (exact) mass is 330 g/mol. The molecule has 1 atom stereocenters. The number of nitriles is 2. The number of nitrogens with zero attached hydrogens (tertiary/aromatic N) is 4. The summed E-state index contributed by atoms with van der Waals surface area (Å²) < 4.78 is 0. The Morgan fingerprint density at radius 3 is 1.92 bits per heavy atom. The fourth-order valence-corrected chi connectivity index (χ4v) is 3.59. The van der Waals surface area contributed by atoms with Crippen LogP contribution in [0.15, 0.2) is 18.2 Å². The molecular weight excluding hydrogens is 308 g/mol. The minimum absolute atomic E-state index is 0.107. The fourth-order valence-electron chi connectivity index (χ4n) is 3.59. The van der Waals surface area contributed by atoms with E-state index in [0.717, 1.165) is 17.1 Å². The van der Waals surface area contributed by atoms with Crippen molar-refractivity contribution in [3.8, 4) is 12.1 Å². The van der Waals surface area contributed by atoms with Gasteiger partial charge in [-0.05, 0) is 75.1 Å². The number of hydrogen-bond acceptors (Lipinski definition) is 4. The minimum Gasteiger partial charge on any atom is -0.352 e. The Kier molecular flexibility index (Phi) is 3.93. The molecule has 25 heavy (non-hydrogen) atoms. The Labute approximate surface area is 149 Å². The van der Waals surface area contributed by atoms with E-state index in [1.165, 1.54) is 22.3 Å². The molecule has 0 N–H and O–H groups in total. The molecule has 1 aliphatic heterocycles. The maximum absolute atomic E-state index is 9.42. The van der Waals surface area contributed by atoms with Gasteiger partial charge in [0.2, 0.25) is 0 Å². The summed E-state index contributed by atoms with van der Waals surface area (Å²) in [6.45, 7) is 10.7. The van der Waals surface area contributed by atoms with E-state index in [9.17, 15) is 10.5 Å². The standard InChI is InChI=1S/C21H22N4/c1-12-7-19(15(4)14(3)13(12)2)25-16(5)24(6)20-8-17(10-22)18(11-23)9-21(20)25/h7-9,16H,1-6H3/t16-/m0/s1. The summed E-state index contributed by atoms with van der Waals surface area (Å²) in [4.78, 5) is 4.42. The molecule has 1 aliphatic rings. The van der Waals surface area contributed by atoms with Crippen molar-refractivity contribution in [2.45, 2.75) is 40.8 Å². The maximum atomic E-state index is 9.42. The molecule has 4 heteroatoms. The summed E-state index contributed by atoms with van der Waals surface area (Å²) in [5, 5.41) is 18.7. The second-order valence-electron chi connectivity index (χ2n) is 6.81. The van der Waals surface area contributed by atoms with Gasteiger partial charge in [0.05, 0.1) is 22.5 Å². The quantitative estimate of drug-likeness (QED) is 0.767. The third-order valence-corrected chi connectivity index (χ3v) is 5.64. The summed E-state index contributed by atoms with van der Waals surface area (Å²) in [6, 6.07) is 10.2. The molecule has 0 saturated carbocycles. The number of anilines is 3. The molecule has 0 bridgehead atoms. The lowest BCUT2D eigenvalue weighted by atomic mass is 9.96. The lowest BCUT2D eigenvalue weighted by Gasteiger charge is -2.30. The van der Waals surface area contributed by atoms with Gasteiger partial charge in [-0.25, -0.2) is 0 Å². The van der Waals surface area contributed by atoms with Gasteiger partial charge in [0, 0.05) is 12.7 Å². The first-order chi connectivity index (χ1) is 11.8. The van der Waals surface area contributed by atoms with Gasteiger partial charge in [-0.1, -0.05) is 0 Å². The summed E-state index contributed by atoms with van der Waals surface area (Å²) >= 11 is 0. The number of hydrogen-bond donors (Lipinski definition) is 0. The van der Waals surface area contributed by atoms with E-state index in [0.29, 0.717) is 11.1 Å². The first-order valence-electron chi connectivity index (χ1n) is 8.39. The molecule has 0 saturated heterocycles. The molecule has 0 spiro atoms. The minimum atomic E-state index is 0.107. The molecule has 126 valence electrons. The highest BCUT2D eigenvalue weighted by Gasteiger charge is 2.34. The highest BCUT2D eigenvalue weighted by molar-refractivity contribution is 5.87. The van der Waals surface area contributed by atoms with Crippen molar-refractivity contribution >= 4 is 17.1 Å². The van der Waals surface area contributed by atoms with Crippen molar-refractivity contribution in [2.24, 2.45) is 0 Å². The molecule has 2 aromatic rings. The Morgan fingerprint density at radius 1 is 0.800 bits per heavy atom. The molecule has 0 amide bonds. The topological polar surface area (TPSA) is 54.1 Å². The lowest BCUT2D eigenvalue weighted by Crippen LogP contribution is -2.36. The number of fused-ring (bicyclic) bond motifs is 1. The molecule has 0 fully saturated rings. The smallest absolute Gasteiger partial charge is 0.103 e.